The van der Waals surface area contributed by atoms with Crippen LogP contribution in [0.4, 0.5) is 13.2 Å². The molecule has 0 aliphatic rings. The average Bonchev–Trinajstić information content (AvgIpc) is 2.51. The molecule has 7 heteroatoms. The normalized spacial score (nSPS) is 11.8. The van der Waals surface area contributed by atoms with Crippen LogP contribution in [0, 0.1) is 0 Å². The zero-order valence-corrected chi connectivity index (χ0v) is 12.5. The minimum Gasteiger partial charge on any atom is -0.301 e. The molecule has 2 aromatic carbocycles. The molecule has 0 spiro atoms. The van der Waals surface area contributed by atoms with Crippen LogP contribution < -0.4 is 5.56 Å². The quantitative estimate of drug-likeness (QED) is 0.575. The molecule has 1 N–H and O–H groups in total. The SMILES string of the molecule is O=c1cc(C(F)(F)F)nc(SCc2ccc3ccccc3c2)[nH]1. The average molecular weight is 336 g/mol. The molecule has 3 rings (SSSR count). The second kappa shape index (κ2) is 6.08. The molecule has 0 bridgehead atoms. The number of aromatic amines is 1. The van der Waals surface area contributed by atoms with E-state index in [-0.39, 0.29) is 5.16 Å². The van der Waals surface area contributed by atoms with Crippen molar-refractivity contribution in [3.63, 3.8) is 0 Å². The second-order valence-electron chi connectivity index (χ2n) is 4.90. The number of nitrogens with zero attached hydrogens (tertiary/aromatic N) is 1. The fraction of sp³-hybridized carbons (Fsp3) is 0.125. The van der Waals surface area contributed by atoms with Crippen molar-refractivity contribution < 1.29 is 13.2 Å². The highest BCUT2D eigenvalue weighted by Gasteiger charge is 2.33. The minimum absolute atomic E-state index is 0.0435. The van der Waals surface area contributed by atoms with Gasteiger partial charge in [-0.1, -0.05) is 54.2 Å². The molecule has 3 aromatic rings. The summed E-state index contributed by atoms with van der Waals surface area (Å²) < 4.78 is 38.0. The lowest BCUT2D eigenvalue weighted by Crippen LogP contribution is -2.16. The molecular weight excluding hydrogens is 325 g/mol. The van der Waals surface area contributed by atoms with E-state index in [2.05, 4.69) is 9.97 Å². The van der Waals surface area contributed by atoms with Gasteiger partial charge in [-0.15, -0.1) is 0 Å². The molecule has 0 unspecified atom stereocenters. The number of nitrogens with one attached hydrogen (secondary N) is 1. The predicted octanol–water partition coefficient (Wildman–Crippen LogP) is 4.23. The number of hydrogen-bond donors (Lipinski definition) is 1. The van der Waals surface area contributed by atoms with Crippen LogP contribution in [0.15, 0.2) is 58.5 Å². The summed E-state index contributed by atoms with van der Waals surface area (Å²) in [7, 11) is 0. The summed E-state index contributed by atoms with van der Waals surface area (Å²) >= 11 is 1.06. The van der Waals surface area contributed by atoms with E-state index in [1.165, 1.54) is 0 Å². The molecule has 118 valence electrons. The summed E-state index contributed by atoms with van der Waals surface area (Å²) in [6, 6.07) is 14.1. The van der Waals surface area contributed by atoms with Crippen LogP contribution in [0.2, 0.25) is 0 Å². The second-order valence-corrected chi connectivity index (χ2v) is 5.87. The van der Waals surface area contributed by atoms with E-state index in [4.69, 9.17) is 0 Å². The molecule has 0 saturated heterocycles. The fourth-order valence-corrected chi connectivity index (χ4v) is 2.95. The standard InChI is InChI=1S/C16H11F3N2OS/c17-16(18,19)13-8-14(22)21-15(20-13)23-9-10-5-6-11-3-1-2-4-12(11)7-10/h1-8H,9H2,(H,20,21,22). The van der Waals surface area contributed by atoms with E-state index in [9.17, 15) is 18.0 Å². The van der Waals surface area contributed by atoms with Crippen molar-refractivity contribution in [1.82, 2.24) is 9.97 Å². The highest BCUT2D eigenvalue weighted by atomic mass is 32.2. The molecule has 23 heavy (non-hydrogen) atoms. The van der Waals surface area contributed by atoms with Crippen molar-refractivity contribution in [2.75, 3.05) is 0 Å². The Morgan fingerprint density at radius 1 is 1.04 bits per heavy atom. The van der Waals surface area contributed by atoms with Crippen molar-refractivity contribution in [3.8, 4) is 0 Å². The summed E-state index contributed by atoms with van der Waals surface area (Å²) in [4.78, 5) is 17.1. The van der Waals surface area contributed by atoms with Crippen LogP contribution in [0.25, 0.3) is 10.8 Å². The predicted molar refractivity (Wildman–Crippen MR) is 83.4 cm³/mol. The number of aromatic nitrogens is 2. The maximum Gasteiger partial charge on any atom is 0.433 e. The van der Waals surface area contributed by atoms with E-state index < -0.39 is 17.4 Å². The van der Waals surface area contributed by atoms with E-state index in [1.54, 1.807) is 0 Å². The van der Waals surface area contributed by atoms with Gasteiger partial charge in [0.2, 0.25) is 0 Å². The third-order valence-electron chi connectivity index (χ3n) is 3.20. The van der Waals surface area contributed by atoms with Gasteiger partial charge in [0.05, 0.1) is 0 Å². The lowest BCUT2D eigenvalue weighted by molar-refractivity contribution is -0.141. The Bertz CT molecular complexity index is 905. The zero-order chi connectivity index (χ0) is 16.4. The number of H-pyrrole nitrogens is 1. The first kappa shape index (κ1) is 15.6. The van der Waals surface area contributed by atoms with Crippen molar-refractivity contribution in [3.05, 3.63) is 70.1 Å². The van der Waals surface area contributed by atoms with Crippen LogP contribution in [0.3, 0.4) is 0 Å². The summed E-state index contributed by atoms with van der Waals surface area (Å²) in [5.41, 5.74) is -1.05. The number of rotatable bonds is 3. The molecular formula is C16H11F3N2OS. The maximum atomic E-state index is 12.7. The van der Waals surface area contributed by atoms with Gasteiger partial charge in [0.25, 0.3) is 5.56 Å². The summed E-state index contributed by atoms with van der Waals surface area (Å²) in [5, 5.41) is 2.10. The van der Waals surface area contributed by atoms with Gasteiger partial charge < -0.3 is 4.98 Å². The van der Waals surface area contributed by atoms with Crippen molar-refractivity contribution >= 4 is 22.5 Å². The van der Waals surface area contributed by atoms with Crippen molar-refractivity contribution in [2.45, 2.75) is 17.1 Å². The number of fused-ring (bicyclic) bond motifs is 1. The third-order valence-corrected chi connectivity index (χ3v) is 4.14. The number of hydrogen-bond acceptors (Lipinski definition) is 3. The van der Waals surface area contributed by atoms with Gasteiger partial charge in [-0.05, 0) is 16.3 Å². The topological polar surface area (TPSA) is 45.8 Å². The van der Waals surface area contributed by atoms with Crippen LogP contribution in [0.1, 0.15) is 11.3 Å². The molecule has 0 aliphatic heterocycles. The smallest absolute Gasteiger partial charge is 0.301 e. The largest absolute Gasteiger partial charge is 0.433 e. The van der Waals surface area contributed by atoms with Gasteiger partial charge in [0.15, 0.2) is 10.9 Å². The summed E-state index contributed by atoms with van der Waals surface area (Å²) in [6.45, 7) is 0. The minimum atomic E-state index is -4.63. The molecule has 0 atom stereocenters. The van der Waals surface area contributed by atoms with E-state index in [0.717, 1.165) is 28.1 Å². The van der Waals surface area contributed by atoms with Crippen molar-refractivity contribution in [2.24, 2.45) is 0 Å². The maximum absolute atomic E-state index is 12.7. The molecule has 1 heterocycles. The Morgan fingerprint density at radius 2 is 1.78 bits per heavy atom. The van der Waals surface area contributed by atoms with Crippen LogP contribution >= 0.6 is 11.8 Å². The van der Waals surface area contributed by atoms with Gasteiger partial charge in [-0.3, -0.25) is 4.79 Å². The van der Waals surface area contributed by atoms with E-state index in [1.807, 2.05) is 42.5 Å². The van der Waals surface area contributed by atoms with E-state index in [0.29, 0.717) is 11.8 Å². The lowest BCUT2D eigenvalue weighted by atomic mass is 10.1. The van der Waals surface area contributed by atoms with Crippen molar-refractivity contribution in [1.29, 1.82) is 0 Å². The molecule has 1 aromatic heterocycles. The first-order valence-electron chi connectivity index (χ1n) is 6.71. The monoisotopic (exact) mass is 336 g/mol. The van der Waals surface area contributed by atoms with Gasteiger partial charge in [0.1, 0.15) is 0 Å². The highest BCUT2D eigenvalue weighted by Crippen LogP contribution is 2.28. The molecule has 0 aliphatic carbocycles. The molecule has 0 radical (unpaired) electrons. The first-order valence-corrected chi connectivity index (χ1v) is 7.69. The fourth-order valence-electron chi connectivity index (χ4n) is 2.13. The first-order chi connectivity index (χ1) is 10.9. The molecule has 3 nitrogen and oxygen atoms in total. The Kier molecular flexibility index (Phi) is 4.12. The van der Waals surface area contributed by atoms with Gasteiger partial charge >= 0.3 is 6.18 Å². The Balaban J connectivity index is 1.82. The Labute approximate surface area is 133 Å². The zero-order valence-electron chi connectivity index (χ0n) is 11.7. The van der Waals surface area contributed by atoms with Gasteiger partial charge in [0, 0.05) is 11.8 Å². The molecule has 0 saturated carbocycles. The number of alkyl halides is 3. The molecule has 0 amide bonds. The van der Waals surface area contributed by atoms with Gasteiger partial charge in [-0.2, -0.15) is 13.2 Å². The number of thioether (sulfide) groups is 1. The van der Waals surface area contributed by atoms with Gasteiger partial charge in [-0.25, -0.2) is 4.98 Å². The Hall–Kier alpha value is -2.28. The van der Waals surface area contributed by atoms with Crippen LogP contribution in [-0.2, 0) is 11.9 Å². The van der Waals surface area contributed by atoms with E-state index >= 15 is 0 Å². The number of halogens is 3. The number of benzene rings is 2. The third kappa shape index (κ3) is 3.73. The summed E-state index contributed by atoms with van der Waals surface area (Å²) in [5.74, 6) is 0.412. The van der Waals surface area contributed by atoms with Crippen LogP contribution in [-0.4, -0.2) is 9.97 Å². The van der Waals surface area contributed by atoms with Crippen LogP contribution in [0.5, 0.6) is 0 Å². The highest BCUT2D eigenvalue weighted by molar-refractivity contribution is 7.98. The lowest BCUT2D eigenvalue weighted by Gasteiger charge is -2.07. The molecule has 0 fully saturated rings. The Morgan fingerprint density at radius 3 is 2.52 bits per heavy atom. The summed E-state index contributed by atoms with van der Waals surface area (Å²) in [6.07, 6.45) is -4.63.